The third-order valence-corrected chi connectivity index (χ3v) is 4.49. The van der Waals surface area contributed by atoms with Crippen molar-refractivity contribution in [3.8, 4) is 0 Å². The second kappa shape index (κ2) is 7.40. The summed E-state index contributed by atoms with van der Waals surface area (Å²) in [5.74, 6) is -0.383. The summed E-state index contributed by atoms with van der Waals surface area (Å²) in [5.41, 5.74) is 0.211. The van der Waals surface area contributed by atoms with E-state index in [0.29, 0.717) is 16.3 Å². The lowest BCUT2D eigenvalue weighted by molar-refractivity contribution is -0.141. The molecule has 0 aliphatic rings. The summed E-state index contributed by atoms with van der Waals surface area (Å²) in [6, 6.07) is 5.86. The quantitative estimate of drug-likeness (QED) is 0.628. The van der Waals surface area contributed by atoms with Crippen molar-refractivity contribution >= 4 is 35.0 Å². The normalized spacial score (nSPS) is 12.8. The lowest BCUT2D eigenvalue weighted by Crippen LogP contribution is -2.23. The molecule has 1 heterocycles. The van der Waals surface area contributed by atoms with Crippen molar-refractivity contribution in [2.24, 2.45) is 0 Å². The average molecular weight is 376 g/mol. The molecule has 1 aromatic heterocycles. The Kier molecular flexibility index (Phi) is 5.71. The number of carbonyl (C=O) groups is 1. The van der Waals surface area contributed by atoms with Gasteiger partial charge in [0.25, 0.3) is 0 Å². The Hall–Kier alpha value is -1.80. The van der Waals surface area contributed by atoms with Crippen LogP contribution in [0.15, 0.2) is 35.6 Å². The summed E-state index contributed by atoms with van der Waals surface area (Å²) in [6.45, 7) is 3.31. The molecule has 0 saturated carbocycles. The molecule has 1 atom stereocenters. The maximum absolute atomic E-state index is 12.6. The van der Waals surface area contributed by atoms with Gasteiger partial charge in [0.2, 0.25) is 5.91 Å². The number of anilines is 1. The first-order valence-electron chi connectivity index (χ1n) is 6.81. The van der Waals surface area contributed by atoms with Gasteiger partial charge in [0, 0.05) is 16.9 Å². The van der Waals surface area contributed by atoms with E-state index >= 15 is 0 Å². The van der Waals surface area contributed by atoms with E-state index in [1.807, 2.05) is 0 Å². The Morgan fingerprint density at radius 2 is 2.04 bits per heavy atom. The lowest BCUT2D eigenvalue weighted by Gasteiger charge is -2.14. The van der Waals surface area contributed by atoms with Gasteiger partial charge < -0.3 is 5.32 Å². The van der Waals surface area contributed by atoms with Crippen LogP contribution in [0.25, 0.3) is 0 Å². The summed E-state index contributed by atoms with van der Waals surface area (Å²) in [5, 5.41) is 2.40. The summed E-state index contributed by atoms with van der Waals surface area (Å²) in [4.78, 5) is 19.4. The van der Waals surface area contributed by atoms with Crippen molar-refractivity contribution in [2.75, 3.05) is 5.32 Å². The zero-order valence-corrected chi connectivity index (χ0v) is 14.3. The third kappa shape index (κ3) is 4.61. The molecule has 0 aliphatic carbocycles. The number of amides is 1. The van der Waals surface area contributed by atoms with Gasteiger partial charge in [0.1, 0.15) is 5.69 Å². The Morgan fingerprint density at radius 1 is 1.33 bits per heavy atom. The van der Waals surface area contributed by atoms with Crippen molar-refractivity contribution in [1.82, 2.24) is 9.97 Å². The molecule has 0 radical (unpaired) electrons. The molecule has 0 saturated heterocycles. The summed E-state index contributed by atoms with van der Waals surface area (Å²) in [6.07, 6.45) is -3.54. The molecule has 1 N–H and O–H groups in total. The molecule has 24 heavy (non-hydrogen) atoms. The zero-order valence-electron chi connectivity index (χ0n) is 12.7. The van der Waals surface area contributed by atoms with Crippen molar-refractivity contribution in [3.63, 3.8) is 0 Å². The SMILES string of the molecule is Cc1c(Cl)cccc1NC(=O)C(C)Sc1nccc(C(F)(F)F)n1. The van der Waals surface area contributed by atoms with Gasteiger partial charge >= 0.3 is 6.18 Å². The molecule has 0 aliphatic heterocycles. The van der Waals surface area contributed by atoms with Crippen molar-refractivity contribution in [3.05, 3.63) is 46.7 Å². The molecule has 0 bridgehead atoms. The van der Waals surface area contributed by atoms with Crippen LogP contribution >= 0.6 is 23.4 Å². The molecule has 1 amide bonds. The highest BCUT2D eigenvalue weighted by molar-refractivity contribution is 8.00. The number of thioether (sulfide) groups is 1. The van der Waals surface area contributed by atoms with Gasteiger partial charge in [-0.15, -0.1) is 0 Å². The summed E-state index contributed by atoms with van der Waals surface area (Å²) < 4.78 is 37.9. The number of halogens is 4. The first-order chi connectivity index (χ1) is 11.2. The highest BCUT2D eigenvalue weighted by Crippen LogP contribution is 2.30. The van der Waals surface area contributed by atoms with E-state index in [4.69, 9.17) is 11.6 Å². The lowest BCUT2D eigenvalue weighted by atomic mass is 10.2. The predicted molar refractivity (Wildman–Crippen MR) is 87.2 cm³/mol. The Morgan fingerprint density at radius 3 is 2.71 bits per heavy atom. The number of nitrogens with one attached hydrogen (secondary N) is 1. The topological polar surface area (TPSA) is 54.9 Å². The highest BCUT2D eigenvalue weighted by Gasteiger charge is 2.33. The minimum absolute atomic E-state index is 0.115. The molecule has 2 aromatic rings. The van der Waals surface area contributed by atoms with E-state index in [9.17, 15) is 18.0 Å². The molecule has 4 nitrogen and oxygen atoms in total. The minimum atomic E-state index is -4.55. The van der Waals surface area contributed by atoms with Crippen molar-refractivity contribution in [1.29, 1.82) is 0 Å². The molecule has 1 unspecified atom stereocenters. The van der Waals surface area contributed by atoms with Crippen molar-refractivity contribution < 1.29 is 18.0 Å². The van der Waals surface area contributed by atoms with Crippen LogP contribution in [0.3, 0.4) is 0 Å². The largest absolute Gasteiger partial charge is 0.433 e. The smallest absolute Gasteiger partial charge is 0.325 e. The number of rotatable bonds is 4. The van der Waals surface area contributed by atoms with Crippen LogP contribution in [-0.4, -0.2) is 21.1 Å². The summed E-state index contributed by atoms with van der Waals surface area (Å²) in [7, 11) is 0. The van der Waals surface area contributed by atoms with E-state index in [-0.39, 0.29) is 11.1 Å². The maximum atomic E-state index is 12.6. The van der Waals surface area contributed by atoms with Gasteiger partial charge in [0.05, 0.1) is 5.25 Å². The number of aromatic nitrogens is 2. The fourth-order valence-electron chi connectivity index (χ4n) is 1.74. The number of benzene rings is 1. The number of nitrogens with zero attached hydrogens (tertiary/aromatic N) is 2. The van der Waals surface area contributed by atoms with Crippen molar-refractivity contribution in [2.45, 2.75) is 30.4 Å². The van der Waals surface area contributed by atoms with Gasteiger partial charge in [-0.3, -0.25) is 4.79 Å². The Bertz CT molecular complexity index is 755. The number of hydrogen-bond donors (Lipinski definition) is 1. The van der Waals surface area contributed by atoms with Crippen LogP contribution in [0.4, 0.5) is 18.9 Å². The summed E-state index contributed by atoms with van der Waals surface area (Å²) >= 11 is 6.83. The van der Waals surface area contributed by atoms with Crippen LogP contribution < -0.4 is 5.32 Å². The van der Waals surface area contributed by atoms with E-state index in [1.54, 1.807) is 32.0 Å². The molecule has 0 spiro atoms. The van der Waals surface area contributed by atoms with Crippen LogP contribution in [-0.2, 0) is 11.0 Å². The molecule has 128 valence electrons. The monoisotopic (exact) mass is 375 g/mol. The van der Waals surface area contributed by atoms with Crippen LogP contribution in [0.5, 0.6) is 0 Å². The van der Waals surface area contributed by atoms with E-state index in [2.05, 4.69) is 15.3 Å². The van der Waals surface area contributed by atoms with Crippen LogP contribution in [0.1, 0.15) is 18.2 Å². The first kappa shape index (κ1) is 18.5. The van der Waals surface area contributed by atoms with Gasteiger partial charge in [-0.2, -0.15) is 13.2 Å². The minimum Gasteiger partial charge on any atom is -0.325 e. The predicted octanol–water partition coefficient (Wildman–Crippen LogP) is 4.58. The molecule has 2 rings (SSSR count). The zero-order chi connectivity index (χ0) is 17.9. The van der Waals surface area contributed by atoms with E-state index in [0.717, 1.165) is 24.0 Å². The Labute approximate surface area is 145 Å². The molecule has 1 aromatic carbocycles. The fourth-order valence-corrected chi connectivity index (χ4v) is 2.67. The average Bonchev–Trinajstić information content (AvgIpc) is 2.51. The van der Waals surface area contributed by atoms with Gasteiger partial charge in [-0.05, 0) is 37.6 Å². The van der Waals surface area contributed by atoms with Gasteiger partial charge in [-0.1, -0.05) is 29.4 Å². The second-order valence-electron chi connectivity index (χ2n) is 4.88. The number of hydrogen-bond acceptors (Lipinski definition) is 4. The first-order valence-corrected chi connectivity index (χ1v) is 8.07. The standard InChI is InChI=1S/C15H13ClF3N3OS/c1-8-10(16)4-3-5-11(8)21-13(23)9(2)24-14-20-7-6-12(22-14)15(17,18)19/h3-7,9H,1-2H3,(H,21,23). The number of carbonyl (C=O) groups excluding carboxylic acids is 1. The van der Waals surface area contributed by atoms with Gasteiger partial charge in [-0.25, -0.2) is 9.97 Å². The molecule has 9 heteroatoms. The number of alkyl halides is 3. The third-order valence-electron chi connectivity index (χ3n) is 3.10. The highest BCUT2D eigenvalue weighted by atomic mass is 35.5. The molecular formula is C15H13ClF3N3OS. The molecular weight excluding hydrogens is 363 g/mol. The van der Waals surface area contributed by atoms with Crippen LogP contribution in [0.2, 0.25) is 5.02 Å². The fraction of sp³-hybridized carbons (Fsp3) is 0.267. The second-order valence-corrected chi connectivity index (χ2v) is 6.60. The maximum Gasteiger partial charge on any atom is 0.433 e. The molecule has 0 fully saturated rings. The van der Waals surface area contributed by atoms with Crippen LogP contribution in [0, 0.1) is 6.92 Å². The van der Waals surface area contributed by atoms with E-state index in [1.165, 1.54) is 0 Å². The Balaban J connectivity index is 2.08. The van der Waals surface area contributed by atoms with E-state index < -0.39 is 17.1 Å². The van der Waals surface area contributed by atoms with Gasteiger partial charge in [0.15, 0.2) is 5.16 Å².